The maximum atomic E-state index is 5.83. The topological polar surface area (TPSA) is 47.6 Å². The number of rotatable bonds is 4. The third kappa shape index (κ3) is 3.39. The Kier molecular flexibility index (Phi) is 4.54. The van der Waals surface area contributed by atoms with E-state index in [2.05, 4.69) is 25.9 Å². The van der Waals surface area contributed by atoms with Gasteiger partial charge in [0.25, 0.3) is 0 Å². The van der Waals surface area contributed by atoms with Crippen molar-refractivity contribution in [3.8, 4) is 17.2 Å². The van der Waals surface area contributed by atoms with Crippen molar-refractivity contribution < 1.29 is 9.15 Å². The third-order valence-corrected chi connectivity index (χ3v) is 4.55. The van der Waals surface area contributed by atoms with Crippen LogP contribution in [0.15, 0.2) is 80.6 Å². The molecule has 0 saturated carbocycles. The van der Waals surface area contributed by atoms with Gasteiger partial charge in [-0.25, -0.2) is 4.98 Å². The summed E-state index contributed by atoms with van der Waals surface area (Å²) in [6, 6.07) is 21.4. The number of hydrogen-bond donors (Lipinski definition) is 0. The van der Waals surface area contributed by atoms with E-state index in [4.69, 9.17) is 9.15 Å². The van der Waals surface area contributed by atoms with Crippen molar-refractivity contribution >= 4 is 38.9 Å². The van der Waals surface area contributed by atoms with Crippen LogP contribution in [0, 0.1) is 0 Å². The van der Waals surface area contributed by atoms with Crippen LogP contribution in [-0.4, -0.2) is 18.3 Å². The van der Waals surface area contributed by atoms with Crippen molar-refractivity contribution in [2.45, 2.75) is 0 Å². The largest absolute Gasteiger partial charge is 0.496 e. The molecule has 4 nitrogen and oxygen atoms in total. The molecule has 4 aromatic rings. The van der Waals surface area contributed by atoms with Crippen molar-refractivity contribution in [2.24, 2.45) is 4.99 Å². The fourth-order valence-corrected chi connectivity index (χ4v) is 3.17. The summed E-state index contributed by atoms with van der Waals surface area (Å²) in [5.74, 6) is 1.40. The van der Waals surface area contributed by atoms with Crippen molar-refractivity contribution in [1.29, 1.82) is 0 Å². The Balaban J connectivity index is 1.62. The maximum absolute atomic E-state index is 5.83. The van der Waals surface area contributed by atoms with Gasteiger partial charge in [-0.2, -0.15) is 0 Å². The van der Waals surface area contributed by atoms with E-state index in [0.717, 1.165) is 38.1 Å². The number of benzene rings is 3. The van der Waals surface area contributed by atoms with Crippen LogP contribution in [0.4, 0.5) is 5.69 Å². The molecule has 3 aromatic carbocycles. The Morgan fingerprint density at radius 1 is 1.04 bits per heavy atom. The maximum Gasteiger partial charge on any atom is 0.227 e. The van der Waals surface area contributed by atoms with Gasteiger partial charge in [-0.05, 0) is 70.0 Å². The minimum absolute atomic E-state index is 0.612. The first-order valence-electron chi connectivity index (χ1n) is 8.06. The van der Waals surface area contributed by atoms with Crippen LogP contribution in [0.3, 0.4) is 0 Å². The molecule has 0 unspecified atom stereocenters. The molecule has 26 heavy (non-hydrogen) atoms. The first-order valence-corrected chi connectivity index (χ1v) is 8.86. The molecular weight excluding hydrogens is 392 g/mol. The van der Waals surface area contributed by atoms with Gasteiger partial charge in [-0.1, -0.05) is 18.2 Å². The minimum atomic E-state index is 0.612. The molecule has 1 heterocycles. The summed E-state index contributed by atoms with van der Waals surface area (Å²) in [6.45, 7) is 0. The fraction of sp³-hybridized carbons (Fsp3) is 0.0476. The van der Waals surface area contributed by atoms with Crippen LogP contribution in [0.5, 0.6) is 5.75 Å². The van der Waals surface area contributed by atoms with Gasteiger partial charge in [0.2, 0.25) is 5.89 Å². The second kappa shape index (κ2) is 7.14. The van der Waals surface area contributed by atoms with E-state index in [-0.39, 0.29) is 0 Å². The molecule has 0 bridgehead atoms. The molecule has 5 heteroatoms. The van der Waals surface area contributed by atoms with Crippen LogP contribution >= 0.6 is 15.9 Å². The van der Waals surface area contributed by atoms with Crippen molar-refractivity contribution in [2.75, 3.05) is 7.11 Å². The van der Waals surface area contributed by atoms with Gasteiger partial charge in [0, 0.05) is 11.8 Å². The molecule has 0 aliphatic rings. The van der Waals surface area contributed by atoms with Gasteiger partial charge in [-0.3, -0.25) is 4.99 Å². The molecule has 0 spiro atoms. The minimum Gasteiger partial charge on any atom is -0.496 e. The van der Waals surface area contributed by atoms with Gasteiger partial charge in [-0.15, -0.1) is 0 Å². The predicted molar refractivity (Wildman–Crippen MR) is 107 cm³/mol. The van der Waals surface area contributed by atoms with Crippen LogP contribution in [0.25, 0.3) is 22.6 Å². The van der Waals surface area contributed by atoms with Crippen LogP contribution in [-0.2, 0) is 0 Å². The van der Waals surface area contributed by atoms with E-state index in [0.29, 0.717) is 5.89 Å². The number of halogens is 1. The van der Waals surface area contributed by atoms with Crippen molar-refractivity contribution in [3.05, 3.63) is 76.8 Å². The number of fused-ring (bicyclic) bond motifs is 1. The summed E-state index contributed by atoms with van der Waals surface area (Å²) in [7, 11) is 1.64. The lowest BCUT2D eigenvalue weighted by molar-refractivity contribution is 0.412. The zero-order valence-electron chi connectivity index (χ0n) is 14.0. The molecule has 4 rings (SSSR count). The highest BCUT2D eigenvalue weighted by atomic mass is 79.9. The smallest absolute Gasteiger partial charge is 0.227 e. The Bertz CT molecular complexity index is 1090. The highest BCUT2D eigenvalue weighted by molar-refractivity contribution is 9.10. The van der Waals surface area contributed by atoms with E-state index >= 15 is 0 Å². The second-order valence-corrected chi connectivity index (χ2v) is 6.54. The van der Waals surface area contributed by atoms with E-state index in [1.54, 1.807) is 7.11 Å². The van der Waals surface area contributed by atoms with E-state index in [9.17, 15) is 0 Å². The lowest BCUT2D eigenvalue weighted by Crippen LogP contribution is -1.86. The highest BCUT2D eigenvalue weighted by Gasteiger charge is 2.08. The highest BCUT2D eigenvalue weighted by Crippen LogP contribution is 2.28. The standard InChI is InChI=1S/C21H15BrN2O2/c1-25-19-9-7-14(11-17(19)22)13-23-16-8-10-20-18(12-16)24-21(26-20)15-5-3-2-4-6-15/h2-13H,1H3. The molecule has 0 atom stereocenters. The first-order chi connectivity index (χ1) is 12.7. The third-order valence-electron chi connectivity index (χ3n) is 3.93. The van der Waals surface area contributed by atoms with Crippen molar-refractivity contribution in [3.63, 3.8) is 0 Å². The number of aliphatic imine (C=N–C) groups is 1. The molecule has 1 aromatic heterocycles. The predicted octanol–water partition coefficient (Wildman–Crippen LogP) is 6.02. The average Bonchev–Trinajstić information content (AvgIpc) is 3.10. The lowest BCUT2D eigenvalue weighted by Gasteiger charge is -2.03. The first kappa shape index (κ1) is 16.5. The molecule has 0 amide bonds. The number of oxazole rings is 1. The van der Waals surface area contributed by atoms with Gasteiger partial charge in [0.05, 0.1) is 17.3 Å². The molecule has 0 N–H and O–H groups in total. The normalized spacial score (nSPS) is 11.3. The van der Waals surface area contributed by atoms with Crippen LogP contribution in [0.1, 0.15) is 5.56 Å². The number of nitrogens with zero attached hydrogens (tertiary/aromatic N) is 2. The van der Waals surface area contributed by atoms with Crippen LogP contribution in [0.2, 0.25) is 0 Å². The number of methoxy groups -OCH3 is 1. The van der Waals surface area contributed by atoms with Gasteiger partial charge >= 0.3 is 0 Å². The molecule has 0 fully saturated rings. The number of ether oxygens (including phenoxy) is 1. The molecule has 0 aliphatic heterocycles. The fourth-order valence-electron chi connectivity index (χ4n) is 2.61. The van der Waals surface area contributed by atoms with Crippen LogP contribution < -0.4 is 4.74 Å². The number of hydrogen-bond acceptors (Lipinski definition) is 4. The van der Waals surface area contributed by atoms with Gasteiger partial charge in [0.15, 0.2) is 5.58 Å². The van der Waals surface area contributed by atoms with Gasteiger partial charge in [0.1, 0.15) is 11.3 Å². The Morgan fingerprint density at radius 2 is 1.88 bits per heavy atom. The summed E-state index contributed by atoms with van der Waals surface area (Å²) in [5, 5.41) is 0. The zero-order valence-corrected chi connectivity index (χ0v) is 15.6. The molecule has 0 radical (unpaired) electrons. The summed E-state index contributed by atoms with van der Waals surface area (Å²) in [5.41, 5.74) is 4.28. The number of aromatic nitrogens is 1. The lowest BCUT2D eigenvalue weighted by atomic mass is 10.2. The SMILES string of the molecule is COc1ccc(C=Nc2ccc3oc(-c4ccccc4)nc3c2)cc1Br. The van der Waals surface area contributed by atoms with Gasteiger partial charge < -0.3 is 9.15 Å². The average molecular weight is 407 g/mol. The van der Waals surface area contributed by atoms with E-state index in [1.165, 1.54) is 0 Å². The summed E-state index contributed by atoms with van der Waals surface area (Å²) >= 11 is 3.48. The van der Waals surface area contributed by atoms with E-state index < -0.39 is 0 Å². The van der Waals surface area contributed by atoms with Crippen molar-refractivity contribution in [1.82, 2.24) is 4.98 Å². The second-order valence-electron chi connectivity index (χ2n) is 5.69. The molecule has 0 aliphatic carbocycles. The Hall–Kier alpha value is -2.92. The molecular formula is C21H15BrN2O2. The summed E-state index contributed by atoms with van der Waals surface area (Å²) < 4.78 is 12.0. The Morgan fingerprint density at radius 3 is 2.65 bits per heavy atom. The van der Waals surface area contributed by atoms with E-state index in [1.807, 2.05) is 72.9 Å². The molecule has 0 saturated heterocycles. The summed E-state index contributed by atoms with van der Waals surface area (Å²) in [4.78, 5) is 9.11. The monoisotopic (exact) mass is 406 g/mol. The zero-order chi connectivity index (χ0) is 17.9. The Labute approximate surface area is 159 Å². The quantitative estimate of drug-likeness (QED) is 0.389. The summed E-state index contributed by atoms with van der Waals surface area (Å²) in [6.07, 6.45) is 1.81. The molecule has 128 valence electrons.